The molecule has 1 aromatic rings. The van der Waals surface area contributed by atoms with Crippen molar-refractivity contribution in [2.24, 2.45) is 5.73 Å². The maximum atomic E-state index is 12.5. The maximum absolute atomic E-state index is 12.5. The van der Waals surface area contributed by atoms with Crippen molar-refractivity contribution in [3.05, 3.63) is 22.6 Å². The van der Waals surface area contributed by atoms with Crippen LogP contribution in [-0.4, -0.2) is 42.4 Å². The van der Waals surface area contributed by atoms with E-state index in [1.54, 1.807) is 17.0 Å². The van der Waals surface area contributed by atoms with Crippen molar-refractivity contribution in [1.82, 2.24) is 10.2 Å². The summed E-state index contributed by atoms with van der Waals surface area (Å²) in [6.07, 6.45) is 3.23. The summed E-state index contributed by atoms with van der Waals surface area (Å²) < 4.78 is 5.87. The zero-order valence-electron chi connectivity index (χ0n) is 11.8. The number of amides is 2. The molecule has 1 unspecified atom stereocenters. The molecule has 0 bridgehead atoms. The normalized spacial score (nSPS) is 18.6. The minimum absolute atomic E-state index is 0.0110. The first-order valence-corrected chi connectivity index (χ1v) is 7.94. The van der Waals surface area contributed by atoms with Crippen molar-refractivity contribution in [3.63, 3.8) is 0 Å². The Labute approximate surface area is 132 Å². The third-order valence-corrected chi connectivity index (χ3v) is 4.00. The number of carbonyl (C=O) groups excluding carboxylic acids is 2. The Morgan fingerprint density at radius 1 is 1.43 bits per heavy atom. The van der Waals surface area contributed by atoms with E-state index in [1.807, 2.05) is 0 Å². The van der Waals surface area contributed by atoms with Gasteiger partial charge in [-0.15, -0.1) is 0 Å². The van der Waals surface area contributed by atoms with Crippen LogP contribution in [0, 0.1) is 0 Å². The smallest absolute Gasteiger partial charge is 0.289 e. The summed E-state index contributed by atoms with van der Waals surface area (Å²) in [5, 5.41) is 2.84. The van der Waals surface area contributed by atoms with E-state index < -0.39 is 0 Å². The lowest BCUT2D eigenvalue weighted by atomic mass is 10.0. The molecular formula is C14H20BrN3O3. The predicted molar refractivity (Wildman–Crippen MR) is 81.8 cm³/mol. The molecule has 116 valence electrons. The number of hydrogen-bond acceptors (Lipinski definition) is 4. The Bertz CT molecular complexity index is 503. The van der Waals surface area contributed by atoms with Crippen LogP contribution in [0.25, 0.3) is 0 Å². The first kappa shape index (κ1) is 16.0. The molecule has 1 aliphatic rings. The van der Waals surface area contributed by atoms with Crippen molar-refractivity contribution in [2.45, 2.75) is 31.7 Å². The first-order chi connectivity index (χ1) is 10.1. The van der Waals surface area contributed by atoms with Crippen LogP contribution in [0.15, 0.2) is 21.2 Å². The number of carbonyl (C=O) groups is 2. The van der Waals surface area contributed by atoms with Gasteiger partial charge >= 0.3 is 0 Å². The predicted octanol–water partition coefficient (Wildman–Crippen LogP) is 1.50. The monoisotopic (exact) mass is 357 g/mol. The second-order valence-corrected chi connectivity index (χ2v) is 5.88. The summed E-state index contributed by atoms with van der Waals surface area (Å²) in [5.41, 5.74) is 5.35. The topological polar surface area (TPSA) is 88.6 Å². The summed E-state index contributed by atoms with van der Waals surface area (Å²) in [5.74, 6) is 0.122. The lowest BCUT2D eigenvalue weighted by molar-refractivity contribution is -0.121. The Morgan fingerprint density at radius 2 is 2.24 bits per heavy atom. The van der Waals surface area contributed by atoms with E-state index in [9.17, 15) is 9.59 Å². The number of furan rings is 1. The highest BCUT2D eigenvalue weighted by molar-refractivity contribution is 9.10. The van der Waals surface area contributed by atoms with Crippen LogP contribution in [0.2, 0.25) is 0 Å². The Hall–Kier alpha value is -1.34. The number of nitrogens with two attached hydrogens (primary N) is 1. The fourth-order valence-electron chi connectivity index (χ4n) is 2.50. The molecule has 1 saturated heterocycles. The molecular weight excluding hydrogens is 338 g/mol. The molecule has 0 aromatic carbocycles. The molecule has 6 nitrogen and oxygen atoms in total. The van der Waals surface area contributed by atoms with Crippen molar-refractivity contribution >= 4 is 27.7 Å². The number of nitrogens with one attached hydrogen (secondary N) is 1. The Balaban J connectivity index is 1.98. The van der Waals surface area contributed by atoms with Crippen molar-refractivity contribution in [2.75, 3.05) is 19.6 Å². The molecule has 3 N–H and O–H groups in total. The molecule has 1 fully saturated rings. The molecule has 7 heteroatoms. The molecule has 0 spiro atoms. The van der Waals surface area contributed by atoms with Gasteiger partial charge in [0.2, 0.25) is 5.91 Å². The SMILES string of the molecule is NCCC(=O)NCC1CCCCN1C(=O)c1ccc(Br)o1. The summed E-state index contributed by atoms with van der Waals surface area (Å²) in [6.45, 7) is 1.49. The van der Waals surface area contributed by atoms with Gasteiger partial charge in [0.1, 0.15) is 0 Å². The van der Waals surface area contributed by atoms with E-state index >= 15 is 0 Å². The first-order valence-electron chi connectivity index (χ1n) is 7.15. The van der Waals surface area contributed by atoms with Gasteiger partial charge in [-0.25, -0.2) is 0 Å². The van der Waals surface area contributed by atoms with Gasteiger partial charge in [0.15, 0.2) is 10.4 Å². The fraction of sp³-hybridized carbons (Fsp3) is 0.571. The van der Waals surface area contributed by atoms with E-state index in [4.69, 9.17) is 10.2 Å². The van der Waals surface area contributed by atoms with Gasteiger partial charge in [-0.1, -0.05) is 0 Å². The van der Waals surface area contributed by atoms with Crippen LogP contribution in [0.1, 0.15) is 36.2 Å². The van der Waals surface area contributed by atoms with Gasteiger partial charge in [0.05, 0.1) is 0 Å². The van der Waals surface area contributed by atoms with Crippen LogP contribution in [-0.2, 0) is 4.79 Å². The second-order valence-electron chi connectivity index (χ2n) is 5.09. The average molecular weight is 358 g/mol. The molecule has 2 amide bonds. The lowest BCUT2D eigenvalue weighted by Gasteiger charge is -2.35. The molecule has 0 saturated carbocycles. The van der Waals surface area contributed by atoms with E-state index in [-0.39, 0.29) is 17.9 Å². The highest BCUT2D eigenvalue weighted by atomic mass is 79.9. The average Bonchev–Trinajstić information content (AvgIpc) is 2.91. The maximum Gasteiger partial charge on any atom is 0.289 e. The highest BCUT2D eigenvalue weighted by Gasteiger charge is 2.29. The number of nitrogens with zero attached hydrogens (tertiary/aromatic N) is 1. The van der Waals surface area contributed by atoms with E-state index in [0.717, 1.165) is 19.3 Å². The molecule has 1 aromatic heterocycles. The second kappa shape index (κ2) is 7.61. The van der Waals surface area contributed by atoms with Gasteiger partial charge in [-0.3, -0.25) is 9.59 Å². The Kier molecular flexibility index (Phi) is 5.81. The number of hydrogen-bond donors (Lipinski definition) is 2. The van der Waals surface area contributed by atoms with Gasteiger partial charge in [-0.2, -0.15) is 0 Å². The van der Waals surface area contributed by atoms with Crippen LogP contribution >= 0.6 is 15.9 Å². The van der Waals surface area contributed by atoms with E-state index in [0.29, 0.717) is 36.5 Å². The fourth-order valence-corrected chi connectivity index (χ4v) is 2.81. The number of halogens is 1. The zero-order chi connectivity index (χ0) is 15.2. The van der Waals surface area contributed by atoms with E-state index in [2.05, 4.69) is 21.2 Å². The van der Waals surface area contributed by atoms with Gasteiger partial charge in [0, 0.05) is 32.1 Å². The molecule has 0 aliphatic carbocycles. The van der Waals surface area contributed by atoms with Crippen LogP contribution in [0.5, 0.6) is 0 Å². The largest absolute Gasteiger partial charge is 0.444 e. The molecule has 1 atom stereocenters. The Morgan fingerprint density at radius 3 is 2.90 bits per heavy atom. The summed E-state index contributed by atoms with van der Waals surface area (Å²) >= 11 is 3.20. The van der Waals surface area contributed by atoms with Crippen molar-refractivity contribution < 1.29 is 14.0 Å². The van der Waals surface area contributed by atoms with E-state index in [1.165, 1.54) is 0 Å². The lowest BCUT2D eigenvalue weighted by Crippen LogP contribution is -2.49. The molecule has 2 heterocycles. The molecule has 1 aliphatic heterocycles. The third-order valence-electron chi connectivity index (χ3n) is 3.58. The third kappa shape index (κ3) is 4.31. The van der Waals surface area contributed by atoms with Crippen molar-refractivity contribution in [3.8, 4) is 0 Å². The van der Waals surface area contributed by atoms with Crippen LogP contribution in [0.4, 0.5) is 0 Å². The molecule has 2 rings (SSSR count). The van der Waals surface area contributed by atoms with Gasteiger partial charge in [-0.05, 0) is 47.3 Å². The van der Waals surface area contributed by atoms with Crippen molar-refractivity contribution in [1.29, 1.82) is 0 Å². The minimum Gasteiger partial charge on any atom is -0.444 e. The quantitative estimate of drug-likeness (QED) is 0.835. The molecule has 0 radical (unpaired) electrons. The summed E-state index contributed by atoms with van der Waals surface area (Å²) in [4.78, 5) is 25.8. The highest BCUT2D eigenvalue weighted by Crippen LogP contribution is 2.22. The number of piperidine rings is 1. The van der Waals surface area contributed by atoms with Gasteiger partial charge < -0.3 is 20.4 Å². The standard InChI is InChI=1S/C14H20BrN3O3/c15-12-5-4-11(21-12)14(20)18-8-2-1-3-10(18)9-17-13(19)6-7-16/h4-5,10H,1-3,6-9,16H2,(H,17,19). The number of likely N-dealkylation sites (tertiary alicyclic amines) is 1. The summed E-state index contributed by atoms with van der Waals surface area (Å²) in [7, 11) is 0. The molecule has 21 heavy (non-hydrogen) atoms. The van der Waals surface area contributed by atoms with Crippen LogP contribution in [0.3, 0.4) is 0 Å². The van der Waals surface area contributed by atoms with Gasteiger partial charge in [0.25, 0.3) is 5.91 Å². The summed E-state index contributed by atoms with van der Waals surface area (Å²) in [6, 6.07) is 3.37. The van der Waals surface area contributed by atoms with Crippen LogP contribution < -0.4 is 11.1 Å². The minimum atomic E-state index is -0.126. The number of rotatable bonds is 5. The zero-order valence-corrected chi connectivity index (χ0v) is 13.4.